The molecule has 0 spiro atoms. The van der Waals surface area contributed by atoms with E-state index >= 15 is 4.79 Å². The summed E-state index contributed by atoms with van der Waals surface area (Å²) in [5, 5.41) is 151. The van der Waals surface area contributed by atoms with E-state index in [4.69, 9.17) is 47.4 Å². The zero-order chi connectivity index (χ0) is 61.3. The highest BCUT2D eigenvalue weighted by Crippen LogP contribution is 2.76. The molecule has 10 rings (SSSR count). The summed E-state index contributed by atoms with van der Waals surface area (Å²) in [6.45, 7) is 17.3. The molecule has 14 N–H and O–H groups in total. The second-order valence-electron chi connectivity index (χ2n) is 28.6. The van der Waals surface area contributed by atoms with Gasteiger partial charge in [0.15, 0.2) is 25.2 Å². The van der Waals surface area contributed by atoms with Crippen LogP contribution in [0.15, 0.2) is 11.6 Å². The van der Waals surface area contributed by atoms with Gasteiger partial charge in [-0.15, -0.1) is 0 Å². The van der Waals surface area contributed by atoms with Crippen LogP contribution >= 0.6 is 0 Å². The fourth-order valence-corrected chi connectivity index (χ4v) is 17.5. The number of carbonyl (C=O) groups is 1. The third-order valence-electron chi connectivity index (χ3n) is 23.0. The minimum Gasteiger partial charge on any atom is -0.432 e. The van der Waals surface area contributed by atoms with Crippen molar-refractivity contribution < 1.29 is 124 Å². The molecule has 5 saturated heterocycles. The molecule has 5 aliphatic heterocycles. The second kappa shape index (κ2) is 23.8. The van der Waals surface area contributed by atoms with Crippen molar-refractivity contribution in [2.45, 2.75) is 280 Å². The molecular formula is C59H96O25. The molecule has 0 aromatic carbocycles. The van der Waals surface area contributed by atoms with Crippen LogP contribution in [0.1, 0.15) is 127 Å². The van der Waals surface area contributed by atoms with Gasteiger partial charge in [-0.05, 0) is 123 Å². The number of fused-ring (bicyclic) bond motifs is 7. The highest BCUT2D eigenvalue weighted by atomic mass is 16.8. The normalized spacial score (nSPS) is 54.6. The van der Waals surface area contributed by atoms with E-state index in [-0.39, 0.29) is 52.1 Å². The van der Waals surface area contributed by atoms with Crippen molar-refractivity contribution in [3.05, 3.63) is 11.6 Å². The van der Waals surface area contributed by atoms with Crippen LogP contribution in [0, 0.1) is 50.2 Å². The molecule has 0 unspecified atom stereocenters. The van der Waals surface area contributed by atoms with Crippen LogP contribution in [0.5, 0.6) is 0 Å². The van der Waals surface area contributed by atoms with E-state index in [9.17, 15) is 71.5 Å². The number of hydrogen-bond donors (Lipinski definition) is 14. The van der Waals surface area contributed by atoms with Crippen molar-refractivity contribution in [3.63, 3.8) is 0 Å². The van der Waals surface area contributed by atoms with E-state index in [2.05, 4.69) is 54.5 Å². The smallest absolute Gasteiger partial charge is 0.315 e. The average molecular weight is 1210 g/mol. The first-order chi connectivity index (χ1) is 39.3. The van der Waals surface area contributed by atoms with E-state index in [0.29, 0.717) is 38.5 Å². The summed E-state index contributed by atoms with van der Waals surface area (Å²) in [5.41, 5.74) is -1.12. The summed E-state index contributed by atoms with van der Waals surface area (Å²) in [7, 11) is 0. The Morgan fingerprint density at radius 1 is 0.560 bits per heavy atom. The first-order valence-electron chi connectivity index (χ1n) is 30.5. The Labute approximate surface area is 490 Å². The van der Waals surface area contributed by atoms with Crippen molar-refractivity contribution in [1.82, 2.24) is 0 Å². The summed E-state index contributed by atoms with van der Waals surface area (Å²) < 4.78 is 59.6. The van der Waals surface area contributed by atoms with Gasteiger partial charge < -0.3 is 119 Å². The monoisotopic (exact) mass is 1200 g/mol. The molecule has 482 valence electrons. The fraction of sp³-hybridized carbons (Fsp3) is 0.949. The number of carbonyl (C=O) groups excluding carboxylic acids is 1. The third-order valence-corrected chi connectivity index (χ3v) is 23.0. The van der Waals surface area contributed by atoms with Gasteiger partial charge in [0.1, 0.15) is 104 Å². The second-order valence-corrected chi connectivity index (χ2v) is 28.6. The Kier molecular flexibility index (Phi) is 18.5. The minimum absolute atomic E-state index is 0.150. The van der Waals surface area contributed by atoms with Gasteiger partial charge in [-0.25, -0.2) is 0 Å². The molecule has 5 aliphatic carbocycles. The predicted molar refractivity (Wildman–Crippen MR) is 287 cm³/mol. The lowest BCUT2D eigenvalue weighted by Gasteiger charge is -2.71. The van der Waals surface area contributed by atoms with E-state index in [1.807, 2.05) is 0 Å². The van der Waals surface area contributed by atoms with E-state index < -0.39 is 177 Å². The zero-order valence-corrected chi connectivity index (χ0v) is 49.7. The quantitative estimate of drug-likeness (QED) is 0.0600. The maximum atomic E-state index is 15.2. The fourth-order valence-electron chi connectivity index (χ4n) is 17.5. The lowest BCUT2D eigenvalue weighted by molar-refractivity contribution is -0.364. The molecule has 0 aromatic rings. The van der Waals surface area contributed by atoms with Crippen LogP contribution in [0.25, 0.3) is 0 Å². The maximum absolute atomic E-state index is 15.2. The minimum atomic E-state index is -1.88. The van der Waals surface area contributed by atoms with Crippen molar-refractivity contribution in [1.29, 1.82) is 0 Å². The van der Waals surface area contributed by atoms with Crippen LogP contribution < -0.4 is 0 Å². The van der Waals surface area contributed by atoms with Crippen molar-refractivity contribution in [3.8, 4) is 0 Å². The van der Waals surface area contributed by atoms with Gasteiger partial charge >= 0.3 is 5.97 Å². The van der Waals surface area contributed by atoms with Crippen LogP contribution in [0.3, 0.4) is 0 Å². The summed E-state index contributed by atoms with van der Waals surface area (Å²) in [5.74, 6) is -0.449. The molecule has 84 heavy (non-hydrogen) atoms. The molecular weight excluding hydrogens is 1110 g/mol. The number of aliphatic hydroxyl groups is 14. The molecule has 9 fully saturated rings. The number of esters is 1. The molecule has 0 aromatic heterocycles. The van der Waals surface area contributed by atoms with E-state index in [1.165, 1.54) is 19.4 Å². The van der Waals surface area contributed by atoms with Gasteiger partial charge in [-0.1, -0.05) is 60.1 Å². The van der Waals surface area contributed by atoms with Crippen molar-refractivity contribution >= 4 is 5.97 Å². The summed E-state index contributed by atoms with van der Waals surface area (Å²) >= 11 is 0. The molecule has 25 nitrogen and oxygen atoms in total. The number of rotatable bonds is 12. The largest absolute Gasteiger partial charge is 0.432 e. The molecule has 4 saturated carbocycles. The molecule has 10 aliphatic rings. The van der Waals surface area contributed by atoms with E-state index in [1.54, 1.807) is 0 Å². The first-order valence-corrected chi connectivity index (χ1v) is 30.5. The van der Waals surface area contributed by atoms with Crippen LogP contribution in [-0.2, 0) is 52.2 Å². The van der Waals surface area contributed by atoms with Gasteiger partial charge in [0.2, 0.25) is 6.29 Å². The Morgan fingerprint density at radius 2 is 1.13 bits per heavy atom. The van der Waals surface area contributed by atoms with Gasteiger partial charge in [0.05, 0.1) is 43.5 Å². The highest BCUT2D eigenvalue weighted by molar-refractivity contribution is 5.79. The topological polar surface area (TPSA) is 393 Å². The molecule has 0 bridgehead atoms. The molecule has 32 atom stereocenters. The predicted octanol–water partition coefficient (Wildman–Crippen LogP) is -1.52. The molecule has 5 heterocycles. The molecule has 0 amide bonds. The van der Waals surface area contributed by atoms with Gasteiger partial charge in [0.25, 0.3) is 0 Å². The summed E-state index contributed by atoms with van der Waals surface area (Å²) in [6.07, 6.45) is -27.9. The third kappa shape index (κ3) is 10.9. The van der Waals surface area contributed by atoms with Crippen molar-refractivity contribution in [2.75, 3.05) is 19.8 Å². The Hall–Kier alpha value is -1.71. The lowest BCUT2D eigenvalue weighted by atomic mass is 9.33. The number of hydrogen-bond acceptors (Lipinski definition) is 25. The number of ether oxygens (including phenoxy) is 10. The van der Waals surface area contributed by atoms with Crippen LogP contribution in [0.2, 0.25) is 0 Å². The van der Waals surface area contributed by atoms with Gasteiger partial charge in [0, 0.05) is 0 Å². The standard InChI is InChI=1S/C59H96O25/c1-24-34(62)38(66)42(70)49(77-24)82-46-29(21-60)79-48(45(73)41(46)69)76-23-30-37(65)40(68)44(72)51(80-30)84-53(74)59-18-16-54(3,4)20-27(59)26-10-11-32-56(7)14-13-33(55(5,6)31(56)12-15-58(32,9)57(26,8)17-19-59)81-52-47(36(64)28(61)22-75-52)83-50-43(71)39(67)35(63)25(2)78-50/h10,24-25,27-52,60-73H,11-23H2,1-9H3/t24-,25-,27-,28-,29+,30+,31-,32+,33-,34-,35-,36-,37+,38-,39+,40-,41+,42+,43+,44+,45+,46+,47+,48+,49-,50-,51-,52-,56-,57+,58+,59-/m0/s1. The van der Waals surface area contributed by atoms with Crippen LogP contribution in [-0.4, -0.2) is 251 Å². The van der Waals surface area contributed by atoms with E-state index in [0.717, 1.165) is 25.7 Å². The highest BCUT2D eigenvalue weighted by Gasteiger charge is 2.70. The SMILES string of the molecule is C[C@@H]1O[C@@H](O[C@H]2[C@H](O[C@H]3CC[C@]4(C)[C@H]5CC=C6[C@@H]7CC(C)(C)CC[C@]7(C(=O)O[C@@H]7O[C@H](CO[C@@H]8O[C@H](CO)[C@@H](O[C@@H]9O[C@@H](C)[C@H](O)[C@H](O)[C@H]9O)[C@H](O)[C@H]8O)[C@@H](O)[C@H](O)[C@H]7O)CC[C@@]6(C)[C@]5(C)CC[C@H]4C3(C)C)OC[C@H](O)[C@@H]2O)[C@H](O)[C@H](O)[C@H]1O. The number of allylic oxidation sites excluding steroid dienone is 2. The zero-order valence-electron chi connectivity index (χ0n) is 49.7. The Morgan fingerprint density at radius 3 is 1.76 bits per heavy atom. The van der Waals surface area contributed by atoms with Crippen molar-refractivity contribution in [2.24, 2.45) is 50.2 Å². The van der Waals surface area contributed by atoms with Crippen LogP contribution in [0.4, 0.5) is 0 Å². The Balaban J connectivity index is 0.824. The molecule has 0 radical (unpaired) electrons. The summed E-state index contributed by atoms with van der Waals surface area (Å²) in [6, 6.07) is 0. The van der Waals surface area contributed by atoms with Gasteiger partial charge in [-0.2, -0.15) is 0 Å². The maximum Gasteiger partial charge on any atom is 0.315 e. The first kappa shape index (κ1) is 65.2. The summed E-state index contributed by atoms with van der Waals surface area (Å²) in [4.78, 5) is 15.2. The van der Waals surface area contributed by atoms with Gasteiger partial charge in [-0.3, -0.25) is 4.79 Å². The Bertz CT molecular complexity index is 2340. The number of aliphatic hydroxyl groups excluding tert-OH is 14. The lowest BCUT2D eigenvalue weighted by Crippen LogP contribution is -2.66. The molecule has 25 heteroatoms. The average Bonchev–Trinajstić information content (AvgIpc) is 0.705.